The maximum Gasteiger partial charge on any atom is 0.326 e. The van der Waals surface area contributed by atoms with Crippen molar-refractivity contribution in [3.8, 4) is 0 Å². The molecule has 0 fully saturated rings. The van der Waals surface area contributed by atoms with Gasteiger partial charge in [0.25, 0.3) is 0 Å². The van der Waals surface area contributed by atoms with E-state index in [0.717, 1.165) is 17.5 Å². The van der Waals surface area contributed by atoms with Crippen LogP contribution in [0.2, 0.25) is 0 Å². The van der Waals surface area contributed by atoms with E-state index in [0.29, 0.717) is 13.0 Å². The second-order valence-corrected chi connectivity index (χ2v) is 5.70. The third-order valence-electron chi connectivity index (χ3n) is 4.36. The molecule has 1 heterocycles. The van der Waals surface area contributed by atoms with Gasteiger partial charge in [0.1, 0.15) is 6.04 Å². The van der Waals surface area contributed by atoms with Crippen LogP contribution in [0.3, 0.4) is 0 Å². The van der Waals surface area contributed by atoms with Crippen LogP contribution in [0.15, 0.2) is 24.3 Å². The molecule has 1 aliphatic heterocycles. The molecule has 114 valence electrons. The number of carboxylic acids is 1. The van der Waals surface area contributed by atoms with Crippen LogP contribution in [0.25, 0.3) is 0 Å². The van der Waals surface area contributed by atoms with E-state index < -0.39 is 18.1 Å². The Balaban J connectivity index is 2.28. The van der Waals surface area contributed by atoms with E-state index in [9.17, 15) is 14.7 Å². The number of fused-ring (bicyclic) bond motifs is 1. The van der Waals surface area contributed by atoms with Crippen LogP contribution >= 0.6 is 0 Å². The quantitative estimate of drug-likeness (QED) is 0.878. The molecule has 0 radical (unpaired) electrons. The average Bonchev–Trinajstić information content (AvgIpc) is 2.51. The minimum atomic E-state index is -0.978. The first kappa shape index (κ1) is 15.5. The number of carboxylic acid groups (broad SMARTS) is 1. The summed E-state index contributed by atoms with van der Waals surface area (Å²) < 4.78 is 0. The number of benzene rings is 1. The summed E-state index contributed by atoms with van der Waals surface area (Å²) in [6.45, 7) is 4.20. The summed E-state index contributed by atoms with van der Waals surface area (Å²) in [4.78, 5) is 25.5. The molecule has 0 aliphatic carbocycles. The second-order valence-electron chi connectivity index (χ2n) is 5.70. The first-order valence-corrected chi connectivity index (χ1v) is 7.31. The van der Waals surface area contributed by atoms with Gasteiger partial charge in [0.05, 0.1) is 6.04 Å². The number of nitrogens with zero attached hydrogens (tertiary/aromatic N) is 1. The molecule has 0 aromatic heterocycles. The van der Waals surface area contributed by atoms with Crippen molar-refractivity contribution in [1.82, 2.24) is 4.90 Å². The Morgan fingerprint density at radius 2 is 2.00 bits per heavy atom. The number of rotatable bonds is 4. The zero-order valence-corrected chi connectivity index (χ0v) is 12.5. The number of carbonyl (C=O) groups is 2. The van der Waals surface area contributed by atoms with Crippen LogP contribution in [0.1, 0.15) is 31.4 Å². The maximum absolute atomic E-state index is 12.6. The molecular weight excluding hydrogens is 268 g/mol. The van der Waals surface area contributed by atoms with Crippen molar-refractivity contribution < 1.29 is 14.7 Å². The molecule has 1 unspecified atom stereocenters. The smallest absolute Gasteiger partial charge is 0.326 e. The van der Waals surface area contributed by atoms with Gasteiger partial charge in [-0.15, -0.1) is 0 Å². The van der Waals surface area contributed by atoms with E-state index in [1.807, 2.05) is 38.1 Å². The van der Waals surface area contributed by atoms with Crippen molar-refractivity contribution in [2.45, 2.75) is 45.3 Å². The van der Waals surface area contributed by atoms with Crippen LogP contribution < -0.4 is 5.73 Å². The molecule has 5 nitrogen and oxygen atoms in total. The number of hydrogen-bond donors (Lipinski definition) is 2. The van der Waals surface area contributed by atoms with Gasteiger partial charge < -0.3 is 15.7 Å². The van der Waals surface area contributed by atoms with Crippen LogP contribution in [0, 0.1) is 5.92 Å². The topological polar surface area (TPSA) is 83.6 Å². The van der Waals surface area contributed by atoms with Crippen LogP contribution in [-0.2, 0) is 22.6 Å². The van der Waals surface area contributed by atoms with Crippen LogP contribution in [-0.4, -0.2) is 34.0 Å². The highest BCUT2D eigenvalue weighted by Crippen LogP contribution is 2.25. The third-order valence-corrected chi connectivity index (χ3v) is 4.36. The Bertz CT molecular complexity index is 544. The Hall–Kier alpha value is -1.88. The molecule has 2 rings (SSSR count). The number of amides is 1. The standard InChI is InChI=1S/C16H22N2O3/c1-3-10(2)14(17)15(19)18-9-12-7-5-4-6-11(12)8-13(18)16(20)21/h4-7,10,13-14H,3,8-9,17H2,1-2H3,(H,20,21)/t10-,13?,14-/m0/s1. The molecule has 0 spiro atoms. The lowest BCUT2D eigenvalue weighted by Gasteiger charge is -2.36. The van der Waals surface area contributed by atoms with Crippen molar-refractivity contribution in [2.75, 3.05) is 0 Å². The minimum absolute atomic E-state index is 0.0316. The van der Waals surface area contributed by atoms with Gasteiger partial charge in [-0.25, -0.2) is 4.79 Å². The molecular formula is C16H22N2O3. The first-order valence-electron chi connectivity index (χ1n) is 7.31. The molecule has 3 atom stereocenters. The van der Waals surface area contributed by atoms with E-state index in [2.05, 4.69) is 0 Å². The van der Waals surface area contributed by atoms with Crippen molar-refractivity contribution in [3.63, 3.8) is 0 Å². The van der Waals surface area contributed by atoms with Crippen molar-refractivity contribution in [2.24, 2.45) is 11.7 Å². The third kappa shape index (κ3) is 3.08. The lowest BCUT2D eigenvalue weighted by molar-refractivity contribution is -0.152. The lowest BCUT2D eigenvalue weighted by atomic mass is 9.91. The fraction of sp³-hybridized carbons (Fsp3) is 0.500. The molecule has 0 bridgehead atoms. The molecule has 0 saturated carbocycles. The average molecular weight is 290 g/mol. The number of carbonyl (C=O) groups excluding carboxylic acids is 1. The van der Waals surface area contributed by atoms with E-state index in [4.69, 9.17) is 5.73 Å². The zero-order chi connectivity index (χ0) is 15.6. The van der Waals surface area contributed by atoms with Crippen molar-refractivity contribution in [3.05, 3.63) is 35.4 Å². The molecule has 1 aromatic rings. The summed E-state index contributed by atoms with van der Waals surface area (Å²) in [6, 6.07) is 6.16. The van der Waals surface area contributed by atoms with Crippen molar-refractivity contribution in [1.29, 1.82) is 0 Å². The molecule has 0 saturated heterocycles. The molecule has 3 N–H and O–H groups in total. The van der Waals surface area contributed by atoms with Gasteiger partial charge >= 0.3 is 5.97 Å². The molecule has 21 heavy (non-hydrogen) atoms. The number of aliphatic carboxylic acids is 1. The molecule has 1 amide bonds. The SMILES string of the molecule is CC[C@H](C)[C@H](N)C(=O)N1Cc2ccccc2CC1C(=O)O. The Kier molecular flexibility index (Phi) is 4.63. The molecule has 1 aliphatic rings. The largest absolute Gasteiger partial charge is 0.480 e. The summed E-state index contributed by atoms with van der Waals surface area (Å²) in [7, 11) is 0. The Morgan fingerprint density at radius 1 is 1.38 bits per heavy atom. The second kappa shape index (κ2) is 6.26. The Labute approximate surface area is 124 Å². The number of hydrogen-bond acceptors (Lipinski definition) is 3. The molecule has 1 aromatic carbocycles. The summed E-state index contributed by atoms with van der Waals surface area (Å²) in [6.07, 6.45) is 1.12. The maximum atomic E-state index is 12.6. The van der Waals surface area contributed by atoms with E-state index in [1.54, 1.807) is 0 Å². The van der Waals surface area contributed by atoms with Crippen LogP contribution in [0.4, 0.5) is 0 Å². The van der Waals surface area contributed by atoms with Gasteiger partial charge in [0, 0.05) is 13.0 Å². The molecule has 5 heteroatoms. The predicted molar refractivity (Wildman–Crippen MR) is 79.6 cm³/mol. The van der Waals surface area contributed by atoms with Gasteiger partial charge in [-0.1, -0.05) is 44.5 Å². The number of nitrogens with two attached hydrogens (primary N) is 1. The highest BCUT2D eigenvalue weighted by atomic mass is 16.4. The van der Waals surface area contributed by atoms with E-state index in [-0.39, 0.29) is 11.8 Å². The summed E-state index contributed by atoms with van der Waals surface area (Å²) in [5.74, 6) is -1.22. The van der Waals surface area contributed by atoms with Gasteiger partial charge in [0.15, 0.2) is 0 Å². The monoisotopic (exact) mass is 290 g/mol. The van der Waals surface area contributed by atoms with Crippen molar-refractivity contribution >= 4 is 11.9 Å². The predicted octanol–water partition coefficient (Wildman–Crippen LogP) is 1.40. The zero-order valence-electron chi connectivity index (χ0n) is 12.5. The van der Waals surface area contributed by atoms with Gasteiger partial charge in [-0.2, -0.15) is 0 Å². The summed E-state index contributed by atoms with van der Waals surface area (Å²) in [5, 5.41) is 9.43. The van der Waals surface area contributed by atoms with Crippen LogP contribution in [0.5, 0.6) is 0 Å². The fourth-order valence-corrected chi connectivity index (χ4v) is 2.66. The van der Waals surface area contributed by atoms with Gasteiger partial charge in [-0.05, 0) is 17.0 Å². The Morgan fingerprint density at radius 3 is 2.57 bits per heavy atom. The summed E-state index contributed by atoms with van der Waals surface area (Å²) >= 11 is 0. The highest BCUT2D eigenvalue weighted by Gasteiger charge is 2.37. The fourth-order valence-electron chi connectivity index (χ4n) is 2.66. The highest BCUT2D eigenvalue weighted by molar-refractivity contribution is 5.87. The van der Waals surface area contributed by atoms with Gasteiger partial charge in [0.2, 0.25) is 5.91 Å². The first-order chi connectivity index (χ1) is 9.95. The minimum Gasteiger partial charge on any atom is -0.480 e. The van der Waals surface area contributed by atoms with E-state index in [1.165, 1.54) is 4.90 Å². The lowest BCUT2D eigenvalue weighted by Crippen LogP contribution is -2.55. The van der Waals surface area contributed by atoms with E-state index >= 15 is 0 Å². The normalized spacial score (nSPS) is 20.5. The summed E-state index contributed by atoms with van der Waals surface area (Å²) in [5.41, 5.74) is 7.99. The van der Waals surface area contributed by atoms with Gasteiger partial charge in [-0.3, -0.25) is 4.79 Å².